The van der Waals surface area contributed by atoms with Crippen molar-refractivity contribution in [1.82, 2.24) is 4.72 Å². The summed E-state index contributed by atoms with van der Waals surface area (Å²) in [6.45, 7) is 5.75. The van der Waals surface area contributed by atoms with Gasteiger partial charge in [0.15, 0.2) is 0 Å². The van der Waals surface area contributed by atoms with Gasteiger partial charge in [0.05, 0.1) is 11.5 Å². The second-order valence-corrected chi connectivity index (χ2v) is 6.42. The molecule has 0 saturated heterocycles. The number of nitrogens with one attached hydrogen (secondary N) is 2. The Balaban J connectivity index is 3.15. The lowest BCUT2D eigenvalue weighted by atomic mass is 10.1. The van der Waals surface area contributed by atoms with E-state index in [1.54, 1.807) is 33.1 Å². The van der Waals surface area contributed by atoms with E-state index in [9.17, 15) is 8.42 Å². The molecule has 0 saturated carbocycles. The zero-order valence-electron chi connectivity index (χ0n) is 12.4. The molecule has 0 radical (unpaired) electrons. The number of hydrogen-bond donors (Lipinski definition) is 3. The molecule has 0 aliphatic rings. The Kier molecular flexibility index (Phi) is 5.94. The van der Waals surface area contributed by atoms with Crippen molar-refractivity contribution in [3.05, 3.63) is 23.3 Å². The molecule has 0 heterocycles. The van der Waals surface area contributed by atoms with E-state index in [0.717, 1.165) is 0 Å². The van der Waals surface area contributed by atoms with Crippen LogP contribution < -0.4 is 16.0 Å². The van der Waals surface area contributed by atoms with Crippen molar-refractivity contribution in [2.45, 2.75) is 38.1 Å². The minimum atomic E-state index is -3.58. The van der Waals surface area contributed by atoms with E-state index >= 15 is 0 Å². The predicted octanol–water partition coefficient (Wildman–Crippen LogP) is 1.29. The highest BCUT2D eigenvalue weighted by atomic mass is 32.2. The highest BCUT2D eigenvalue weighted by Crippen LogP contribution is 2.24. The minimum Gasteiger partial charge on any atom is -0.383 e. The Hall–Kier alpha value is -1.15. The van der Waals surface area contributed by atoms with E-state index in [1.807, 2.05) is 6.92 Å². The smallest absolute Gasteiger partial charge is 0.241 e. The topological polar surface area (TPSA) is 93.4 Å². The molecule has 0 aromatic heterocycles. The maximum absolute atomic E-state index is 12.5. The molecular formula is C13H23N3O3S. The van der Waals surface area contributed by atoms with Gasteiger partial charge in [0.25, 0.3) is 0 Å². The number of benzene rings is 1. The SMILES string of the molecule is CCC(COC)NS(=O)(=O)c1c(C)cc(NN)cc1C. The van der Waals surface area contributed by atoms with Crippen LogP contribution in [0.25, 0.3) is 0 Å². The average Bonchev–Trinajstić information content (AvgIpc) is 2.36. The molecule has 1 aromatic carbocycles. The number of hydrazine groups is 1. The lowest BCUT2D eigenvalue weighted by molar-refractivity contribution is 0.173. The molecule has 6 nitrogen and oxygen atoms in total. The number of methoxy groups -OCH3 is 1. The first-order valence-electron chi connectivity index (χ1n) is 6.44. The molecule has 114 valence electrons. The summed E-state index contributed by atoms with van der Waals surface area (Å²) in [6.07, 6.45) is 0.660. The first kappa shape index (κ1) is 16.9. The number of aryl methyl sites for hydroxylation is 2. The van der Waals surface area contributed by atoms with Crippen molar-refractivity contribution < 1.29 is 13.2 Å². The second kappa shape index (κ2) is 7.03. The van der Waals surface area contributed by atoms with Crippen LogP contribution in [-0.4, -0.2) is 28.2 Å². The van der Waals surface area contributed by atoms with Crippen LogP contribution in [0.15, 0.2) is 17.0 Å². The van der Waals surface area contributed by atoms with Crippen molar-refractivity contribution in [2.24, 2.45) is 5.84 Å². The predicted molar refractivity (Wildman–Crippen MR) is 80.0 cm³/mol. The quantitative estimate of drug-likeness (QED) is 0.521. The number of rotatable bonds is 7. The first-order valence-corrected chi connectivity index (χ1v) is 7.93. The molecule has 0 amide bonds. The lowest BCUT2D eigenvalue weighted by Crippen LogP contribution is -2.38. The summed E-state index contributed by atoms with van der Waals surface area (Å²) in [5, 5.41) is 0. The molecule has 0 spiro atoms. The van der Waals surface area contributed by atoms with Crippen LogP contribution in [0.3, 0.4) is 0 Å². The van der Waals surface area contributed by atoms with Gasteiger partial charge in [-0.3, -0.25) is 5.84 Å². The van der Waals surface area contributed by atoms with Gasteiger partial charge in [0.1, 0.15) is 0 Å². The Morgan fingerprint density at radius 2 is 1.85 bits per heavy atom. The van der Waals surface area contributed by atoms with Gasteiger partial charge < -0.3 is 10.2 Å². The fraction of sp³-hybridized carbons (Fsp3) is 0.538. The number of anilines is 1. The summed E-state index contributed by atoms with van der Waals surface area (Å²) in [6, 6.07) is 3.17. The summed E-state index contributed by atoms with van der Waals surface area (Å²) in [5.74, 6) is 5.36. The molecule has 1 aromatic rings. The summed E-state index contributed by atoms with van der Waals surface area (Å²) < 4.78 is 32.7. The second-order valence-electron chi connectivity index (χ2n) is 4.77. The van der Waals surface area contributed by atoms with Gasteiger partial charge in [0.2, 0.25) is 10.0 Å². The third-order valence-corrected chi connectivity index (χ3v) is 4.90. The Bertz CT molecular complexity index is 535. The van der Waals surface area contributed by atoms with E-state index in [0.29, 0.717) is 34.7 Å². The van der Waals surface area contributed by atoms with E-state index < -0.39 is 10.0 Å². The molecule has 0 bridgehead atoms. The van der Waals surface area contributed by atoms with E-state index in [-0.39, 0.29) is 6.04 Å². The number of nitrogens with two attached hydrogens (primary N) is 1. The Morgan fingerprint density at radius 3 is 2.25 bits per heavy atom. The zero-order valence-corrected chi connectivity index (χ0v) is 13.2. The average molecular weight is 301 g/mol. The van der Waals surface area contributed by atoms with Crippen LogP contribution in [0.1, 0.15) is 24.5 Å². The summed E-state index contributed by atoms with van der Waals surface area (Å²) >= 11 is 0. The largest absolute Gasteiger partial charge is 0.383 e. The summed E-state index contributed by atoms with van der Waals surface area (Å²) in [4.78, 5) is 0.297. The van der Waals surface area contributed by atoms with Crippen molar-refractivity contribution >= 4 is 15.7 Å². The van der Waals surface area contributed by atoms with Crippen molar-refractivity contribution in [3.63, 3.8) is 0 Å². The maximum atomic E-state index is 12.5. The summed E-state index contributed by atoms with van der Waals surface area (Å²) in [7, 11) is -2.03. The molecule has 0 aliphatic heterocycles. The van der Waals surface area contributed by atoms with Gasteiger partial charge >= 0.3 is 0 Å². The molecule has 1 unspecified atom stereocenters. The third-order valence-electron chi connectivity index (χ3n) is 3.08. The monoisotopic (exact) mass is 301 g/mol. The fourth-order valence-electron chi connectivity index (χ4n) is 2.17. The number of hydrogen-bond acceptors (Lipinski definition) is 5. The van der Waals surface area contributed by atoms with Gasteiger partial charge in [0, 0.05) is 18.8 Å². The molecule has 20 heavy (non-hydrogen) atoms. The van der Waals surface area contributed by atoms with Crippen LogP contribution in [0.5, 0.6) is 0 Å². The van der Waals surface area contributed by atoms with Crippen molar-refractivity contribution in [2.75, 3.05) is 19.1 Å². The number of nitrogen functional groups attached to an aromatic ring is 1. The minimum absolute atomic E-state index is 0.240. The standard InChI is InChI=1S/C13H23N3O3S/c1-5-11(8-19-4)16-20(17,18)13-9(2)6-12(15-14)7-10(13)3/h6-7,11,15-16H,5,8,14H2,1-4H3. The summed E-state index contributed by atoms with van der Waals surface area (Å²) in [5.41, 5.74) is 4.51. The third kappa shape index (κ3) is 3.92. The van der Waals surface area contributed by atoms with E-state index in [4.69, 9.17) is 10.6 Å². The molecule has 7 heteroatoms. The molecule has 1 rings (SSSR count). The number of sulfonamides is 1. The maximum Gasteiger partial charge on any atom is 0.241 e. The van der Waals surface area contributed by atoms with Crippen molar-refractivity contribution in [3.8, 4) is 0 Å². The van der Waals surface area contributed by atoms with Crippen LogP contribution in [0, 0.1) is 13.8 Å². The van der Waals surface area contributed by atoms with Crippen molar-refractivity contribution in [1.29, 1.82) is 0 Å². The van der Waals surface area contributed by atoms with Crippen LogP contribution in [0.4, 0.5) is 5.69 Å². The van der Waals surface area contributed by atoms with Gasteiger partial charge in [-0.25, -0.2) is 13.1 Å². The number of ether oxygens (including phenoxy) is 1. The zero-order chi connectivity index (χ0) is 15.3. The fourth-order valence-corrected chi connectivity index (χ4v) is 3.93. The molecule has 4 N–H and O–H groups in total. The van der Waals surface area contributed by atoms with Crippen LogP contribution in [-0.2, 0) is 14.8 Å². The normalized spacial score (nSPS) is 13.2. The van der Waals surface area contributed by atoms with Gasteiger partial charge in [-0.2, -0.15) is 0 Å². The molecular weight excluding hydrogens is 278 g/mol. The molecule has 0 aliphatic carbocycles. The van der Waals surface area contributed by atoms with E-state index in [2.05, 4.69) is 10.1 Å². The first-order chi connectivity index (χ1) is 9.35. The van der Waals surface area contributed by atoms with Crippen LogP contribution in [0.2, 0.25) is 0 Å². The Labute approximate surface area is 120 Å². The molecule has 1 atom stereocenters. The van der Waals surface area contributed by atoms with Gasteiger partial charge in [-0.05, 0) is 43.5 Å². The highest BCUT2D eigenvalue weighted by molar-refractivity contribution is 7.89. The van der Waals surface area contributed by atoms with E-state index in [1.165, 1.54) is 0 Å². The molecule has 0 fully saturated rings. The lowest BCUT2D eigenvalue weighted by Gasteiger charge is -2.19. The highest BCUT2D eigenvalue weighted by Gasteiger charge is 2.23. The van der Waals surface area contributed by atoms with Gasteiger partial charge in [-0.1, -0.05) is 6.92 Å². The van der Waals surface area contributed by atoms with Crippen LogP contribution >= 0.6 is 0 Å². The Morgan fingerprint density at radius 1 is 1.30 bits per heavy atom. The van der Waals surface area contributed by atoms with Gasteiger partial charge in [-0.15, -0.1) is 0 Å².